The second-order valence-corrected chi connectivity index (χ2v) is 12.7. The summed E-state index contributed by atoms with van der Waals surface area (Å²) in [5, 5.41) is 0.606. The van der Waals surface area contributed by atoms with Crippen molar-refractivity contribution in [3.8, 4) is 5.75 Å². The van der Waals surface area contributed by atoms with Crippen molar-refractivity contribution in [2.75, 3.05) is 7.11 Å². The first-order valence-corrected chi connectivity index (χ1v) is 16.9. The fraction of sp³-hybridized carbons (Fsp3) is 0.262. The predicted molar refractivity (Wildman–Crippen MR) is 190 cm³/mol. The monoisotopic (exact) mass is 676 g/mol. The van der Waals surface area contributed by atoms with Crippen LogP contribution >= 0.6 is 11.6 Å². The van der Waals surface area contributed by atoms with E-state index in [1.807, 2.05) is 140 Å². The molecule has 0 aromatic heterocycles. The molecule has 0 radical (unpaired) electrons. The van der Waals surface area contributed by atoms with Crippen molar-refractivity contribution in [2.45, 2.75) is 57.3 Å². The molecule has 0 aliphatic carbocycles. The minimum Gasteiger partial charge on any atom is -0.489 e. The van der Waals surface area contributed by atoms with E-state index in [0.29, 0.717) is 36.8 Å². The molecule has 252 valence electrons. The van der Waals surface area contributed by atoms with Crippen LogP contribution in [0.4, 0.5) is 0 Å². The molecule has 1 aliphatic heterocycles. The van der Waals surface area contributed by atoms with Crippen LogP contribution in [0.3, 0.4) is 0 Å². The summed E-state index contributed by atoms with van der Waals surface area (Å²) >= 11 is 6.81. The van der Waals surface area contributed by atoms with Gasteiger partial charge in [0.1, 0.15) is 30.9 Å². The van der Waals surface area contributed by atoms with E-state index in [0.717, 1.165) is 39.9 Å². The summed E-state index contributed by atoms with van der Waals surface area (Å²) in [5.74, 6) is -1.00. The van der Waals surface area contributed by atoms with Gasteiger partial charge < -0.3 is 28.5 Å². The summed E-state index contributed by atoms with van der Waals surface area (Å²) in [5.41, 5.74) is 5.73. The molecule has 0 amide bonds. The Morgan fingerprint density at radius 1 is 0.714 bits per heavy atom. The van der Waals surface area contributed by atoms with Gasteiger partial charge in [0.15, 0.2) is 0 Å². The Morgan fingerprint density at radius 3 is 1.86 bits per heavy atom. The van der Waals surface area contributed by atoms with Crippen LogP contribution < -0.4 is 4.74 Å². The number of hydrogen-bond donors (Lipinski definition) is 0. The Hall–Kier alpha value is -4.30. The molecular formula is C42H41ClO6. The molecule has 1 saturated heterocycles. The number of carbonyl (C=O) groups is 1. The molecule has 0 saturated carbocycles. The molecule has 1 heterocycles. The van der Waals surface area contributed by atoms with Gasteiger partial charge >= 0.3 is 0 Å². The molecule has 1 fully saturated rings. The maximum atomic E-state index is 12.5. The molecule has 6 rings (SSSR count). The summed E-state index contributed by atoms with van der Waals surface area (Å²) in [4.78, 5) is 12.5. The fourth-order valence-corrected chi connectivity index (χ4v) is 6.47. The van der Waals surface area contributed by atoms with Crippen LogP contribution in [0.5, 0.6) is 5.75 Å². The van der Waals surface area contributed by atoms with E-state index >= 15 is 0 Å². The van der Waals surface area contributed by atoms with Gasteiger partial charge in [-0.2, -0.15) is 0 Å². The topological polar surface area (TPSA) is 63.2 Å². The van der Waals surface area contributed by atoms with Crippen LogP contribution in [-0.2, 0) is 55.8 Å². The SMILES string of the molecule is CO[C@@]1(c2ccc(Cl)c(Cc3ccc(OCc4ccccc4)cc3)c2)O[C@H](C=O)[C@@H](C)[C@H](OCc2ccccc2)[C@H]1OCc1ccccc1. The average molecular weight is 677 g/mol. The second-order valence-electron chi connectivity index (χ2n) is 12.3. The van der Waals surface area contributed by atoms with Gasteiger partial charge in [0.25, 0.3) is 0 Å². The largest absolute Gasteiger partial charge is 0.489 e. The van der Waals surface area contributed by atoms with E-state index in [2.05, 4.69) is 0 Å². The Morgan fingerprint density at radius 2 is 1.29 bits per heavy atom. The second kappa shape index (κ2) is 16.4. The van der Waals surface area contributed by atoms with Gasteiger partial charge in [-0.1, -0.05) is 128 Å². The lowest BCUT2D eigenvalue weighted by Gasteiger charge is -2.50. The summed E-state index contributed by atoms with van der Waals surface area (Å²) in [6.07, 6.45) is -0.705. The molecule has 6 nitrogen and oxygen atoms in total. The third-order valence-corrected chi connectivity index (χ3v) is 9.40. The van der Waals surface area contributed by atoms with E-state index in [4.69, 9.17) is 35.3 Å². The lowest BCUT2D eigenvalue weighted by atomic mass is 9.82. The number of carbonyl (C=O) groups excluding carboxylic acids is 1. The van der Waals surface area contributed by atoms with Crippen LogP contribution in [0, 0.1) is 5.92 Å². The van der Waals surface area contributed by atoms with Gasteiger partial charge in [-0.3, -0.25) is 0 Å². The Kier molecular flexibility index (Phi) is 11.6. The van der Waals surface area contributed by atoms with Crippen molar-refractivity contribution in [2.24, 2.45) is 5.92 Å². The van der Waals surface area contributed by atoms with E-state index in [9.17, 15) is 4.79 Å². The lowest BCUT2D eigenvalue weighted by Crippen LogP contribution is -2.62. The molecule has 5 atom stereocenters. The Balaban J connectivity index is 1.29. The summed E-state index contributed by atoms with van der Waals surface area (Å²) < 4.78 is 32.3. The number of benzene rings is 5. The molecule has 5 aromatic carbocycles. The van der Waals surface area contributed by atoms with Crippen LogP contribution in [0.1, 0.15) is 40.3 Å². The number of aldehydes is 1. The number of ether oxygens (including phenoxy) is 5. The van der Waals surface area contributed by atoms with Crippen LogP contribution in [0.2, 0.25) is 5.02 Å². The third kappa shape index (κ3) is 8.30. The maximum absolute atomic E-state index is 12.5. The zero-order valence-electron chi connectivity index (χ0n) is 27.7. The van der Waals surface area contributed by atoms with E-state index in [1.165, 1.54) is 0 Å². The van der Waals surface area contributed by atoms with Gasteiger partial charge in [-0.25, -0.2) is 0 Å². The standard InChI is InChI=1S/C42H41ClO6/c1-30-39(26-44)49-42(45-2,41(48-29-34-16-10-5-11-17-34)40(30)47-28-33-14-8-4-9-15-33)36-20-23-38(43)35(25-36)24-31-18-21-37(22-19-31)46-27-32-12-6-3-7-13-32/h3-23,25-26,30,39-41H,24,27-29H2,1-2H3/t30-,39-,40+,41-,42+/m1/s1. The zero-order chi connectivity index (χ0) is 34.1. The average Bonchev–Trinajstić information content (AvgIpc) is 3.15. The van der Waals surface area contributed by atoms with Crippen LogP contribution in [0.25, 0.3) is 0 Å². The normalized spacial score (nSPS) is 22.0. The number of hydrogen-bond acceptors (Lipinski definition) is 6. The first kappa shape index (κ1) is 34.6. The van der Waals surface area contributed by atoms with E-state index < -0.39 is 24.1 Å². The van der Waals surface area contributed by atoms with Gasteiger partial charge in [-0.15, -0.1) is 0 Å². The highest BCUT2D eigenvalue weighted by Crippen LogP contribution is 2.45. The van der Waals surface area contributed by atoms with Gasteiger partial charge in [0.2, 0.25) is 5.79 Å². The van der Waals surface area contributed by atoms with Crippen molar-refractivity contribution in [1.29, 1.82) is 0 Å². The Bertz CT molecular complexity index is 1770. The Labute approximate surface area is 293 Å². The van der Waals surface area contributed by atoms with Crippen LogP contribution in [0.15, 0.2) is 133 Å². The number of methoxy groups -OCH3 is 1. The first-order chi connectivity index (χ1) is 24.0. The predicted octanol–water partition coefficient (Wildman–Crippen LogP) is 8.71. The van der Waals surface area contributed by atoms with Crippen molar-refractivity contribution in [3.63, 3.8) is 0 Å². The summed E-state index contributed by atoms with van der Waals surface area (Å²) in [6.45, 7) is 3.08. The minimum absolute atomic E-state index is 0.294. The molecule has 0 spiro atoms. The molecule has 0 bridgehead atoms. The molecule has 0 unspecified atom stereocenters. The molecule has 1 aliphatic rings. The van der Waals surface area contributed by atoms with Gasteiger partial charge in [0.05, 0.1) is 19.3 Å². The molecule has 0 N–H and O–H groups in total. The highest BCUT2D eigenvalue weighted by atomic mass is 35.5. The minimum atomic E-state index is -1.47. The summed E-state index contributed by atoms with van der Waals surface area (Å²) in [6, 6.07) is 43.7. The zero-order valence-corrected chi connectivity index (χ0v) is 28.5. The summed E-state index contributed by atoms with van der Waals surface area (Å²) in [7, 11) is 1.58. The van der Waals surface area contributed by atoms with Crippen molar-refractivity contribution >= 4 is 17.9 Å². The van der Waals surface area contributed by atoms with Gasteiger partial charge in [0, 0.05) is 23.6 Å². The van der Waals surface area contributed by atoms with E-state index in [-0.39, 0.29) is 5.92 Å². The molecular weight excluding hydrogens is 636 g/mol. The van der Waals surface area contributed by atoms with Crippen molar-refractivity contribution in [1.82, 2.24) is 0 Å². The van der Waals surface area contributed by atoms with Crippen LogP contribution in [-0.4, -0.2) is 31.7 Å². The number of rotatable bonds is 14. The van der Waals surface area contributed by atoms with Gasteiger partial charge in [-0.05, 0) is 58.5 Å². The smallest absolute Gasteiger partial charge is 0.225 e. The third-order valence-electron chi connectivity index (χ3n) is 9.03. The molecule has 49 heavy (non-hydrogen) atoms. The maximum Gasteiger partial charge on any atom is 0.225 e. The molecule has 7 heteroatoms. The number of halogens is 1. The molecule has 5 aromatic rings. The quantitative estimate of drug-likeness (QED) is 0.110. The van der Waals surface area contributed by atoms with E-state index in [1.54, 1.807) is 7.11 Å². The van der Waals surface area contributed by atoms with Crippen molar-refractivity contribution < 1.29 is 28.5 Å². The fourth-order valence-electron chi connectivity index (χ4n) is 6.28. The lowest BCUT2D eigenvalue weighted by molar-refractivity contribution is -0.361. The highest BCUT2D eigenvalue weighted by molar-refractivity contribution is 6.31. The highest BCUT2D eigenvalue weighted by Gasteiger charge is 2.56. The van der Waals surface area contributed by atoms with Crippen molar-refractivity contribution in [3.05, 3.63) is 172 Å². The first-order valence-electron chi connectivity index (χ1n) is 16.5.